The van der Waals surface area contributed by atoms with Crippen LogP contribution in [0.25, 0.3) is 11.1 Å². The van der Waals surface area contributed by atoms with Crippen LogP contribution in [0.15, 0.2) is 101 Å². The zero-order valence-electron chi connectivity index (χ0n) is 17.4. The molecule has 0 fully saturated rings. The first-order valence-corrected chi connectivity index (χ1v) is 10.9. The second-order valence-corrected chi connectivity index (χ2v) is 8.04. The van der Waals surface area contributed by atoms with E-state index in [9.17, 15) is 9.59 Å². The molecular formula is C26H21N3O2S. The highest BCUT2D eigenvalue weighted by molar-refractivity contribution is 7.12. The van der Waals surface area contributed by atoms with Gasteiger partial charge in [0.1, 0.15) is 0 Å². The van der Waals surface area contributed by atoms with Crippen molar-refractivity contribution in [3.05, 3.63) is 112 Å². The number of hydrazone groups is 1. The zero-order valence-corrected chi connectivity index (χ0v) is 18.2. The van der Waals surface area contributed by atoms with Gasteiger partial charge in [-0.1, -0.05) is 60.7 Å². The molecule has 0 aliphatic rings. The van der Waals surface area contributed by atoms with Crippen molar-refractivity contribution in [2.24, 2.45) is 5.10 Å². The lowest BCUT2D eigenvalue weighted by Gasteiger charge is -2.07. The van der Waals surface area contributed by atoms with Gasteiger partial charge in [-0.05, 0) is 59.3 Å². The number of carbonyl (C=O) groups is 2. The topological polar surface area (TPSA) is 70.6 Å². The number of carbonyl (C=O) groups excluding carboxylic acids is 2. The van der Waals surface area contributed by atoms with Gasteiger partial charge >= 0.3 is 0 Å². The molecule has 4 aromatic rings. The van der Waals surface area contributed by atoms with E-state index in [0.717, 1.165) is 16.7 Å². The molecule has 4 rings (SSSR count). The zero-order chi connectivity index (χ0) is 22.3. The molecule has 2 N–H and O–H groups in total. The summed E-state index contributed by atoms with van der Waals surface area (Å²) in [6, 6.07) is 28.4. The molecule has 0 radical (unpaired) electrons. The van der Waals surface area contributed by atoms with Gasteiger partial charge < -0.3 is 5.32 Å². The molecule has 6 heteroatoms. The Morgan fingerprint density at radius 3 is 2.03 bits per heavy atom. The molecule has 0 unspecified atom stereocenters. The van der Waals surface area contributed by atoms with Crippen molar-refractivity contribution in [3.63, 3.8) is 0 Å². The minimum absolute atomic E-state index is 0.135. The largest absolute Gasteiger partial charge is 0.321 e. The van der Waals surface area contributed by atoms with Gasteiger partial charge in [0.25, 0.3) is 11.8 Å². The van der Waals surface area contributed by atoms with Crippen molar-refractivity contribution in [1.29, 1.82) is 0 Å². The molecule has 3 aromatic carbocycles. The molecule has 0 atom stereocenters. The Labute approximate surface area is 190 Å². The summed E-state index contributed by atoms with van der Waals surface area (Å²) < 4.78 is 0. The van der Waals surface area contributed by atoms with Crippen LogP contribution < -0.4 is 10.7 Å². The molecule has 5 nitrogen and oxygen atoms in total. The lowest BCUT2D eigenvalue weighted by Crippen LogP contribution is -2.19. The predicted octanol–water partition coefficient (Wildman–Crippen LogP) is 5.82. The standard InChI is InChI=1S/C26H21N3O2S/c1-18(19-13-15-23(16-14-19)27-26(31)24-8-5-17-32-24)28-29-25(30)22-11-9-21(10-12-22)20-6-3-2-4-7-20/h2-17H,1H3,(H,27,31)(H,29,30)/b28-18+. The van der Waals surface area contributed by atoms with Crippen molar-refractivity contribution in [3.8, 4) is 11.1 Å². The van der Waals surface area contributed by atoms with Gasteiger partial charge in [0.15, 0.2) is 0 Å². The minimum atomic E-state index is -0.274. The van der Waals surface area contributed by atoms with Gasteiger partial charge in [0.2, 0.25) is 0 Å². The van der Waals surface area contributed by atoms with Gasteiger partial charge in [0, 0.05) is 11.3 Å². The van der Waals surface area contributed by atoms with Crippen LogP contribution in [0.3, 0.4) is 0 Å². The maximum Gasteiger partial charge on any atom is 0.271 e. The molecule has 0 aliphatic carbocycles. The van der Waals surface area contributed by atoms with Crippen molar-refractivity contribution in [2.75, 3.05) is 5.32 Å². The molecule has 1 heterocycles. The summed E-state index contributed by atoms with van der Waals surface area (Å²) in [6.07, 6.45) is 0. The number of amides is 2. The highest BCUT2D eigenvalue weighted by Gasteiger charge is 2.08. The van der Waals surface area contributed by atoms with E-state index in [4.69, 9.17) is 0 Å². The van der Waals surface area contributed by atoms with Crippen LogP contribution in [0.4, 0.5) is 5.69 Å². The lowest BCUT2D eigenvalue weighted by molar-refractivity contribution is 0.0954. The van der Waals surface area contributed by atoms with Crippen LogP contribution in [0.5, 0.6) is 0 Å². The Balaban J connectivity index is 1.36. The molecule has 0 saturated heterocycles. The third-order valence-electron chi connectivity index (χ3n) is 4.88. The summed E-state index contributed by atoms with van der Waals surface area (Å²) in [5, 5.41) is 8.94. The SMILES string of the molecule is C/C(=N\NC(=O)c1ccc(-c2ccccc2)cc1)c1ccc(NC(=O)c2cccs2)cc1. The number of thiophene rings is 1. The fraction of sp³-hybridized carbons (Fsp3) is 0.0385. The van der Waals surface area contributed by atoms with E-state index in [1.165, 1.54) is 11.3 Å². The van der Waals surface area contributed by atoms with Crippen molar-refractivity contribution >= 4 is 34.6 Å². The molecule has 0 aliphatic heterocycles. The van der Waals surface area contributed by atoms with Crippen LogP contribution in [-0.2, 0) is 0 Å². The molecule has 1 aromatic heterocycles. The van der Waals surface area contributed by atoms with Crippen molar-refractivity contribution in [2.45, 2.75) is 6.92 Å². The summed E-state index contributed by atoms with van der Waals surface area (Å²) in [5.74, 6) is -0.410. The Bertz CT molecular complexity index is 1230. The quantitative estimate of drug-likeness (QED) is 0.293. The first-order valence-electron chi connectivity index (χ1n) is 10.1. The third kappa shape index (κ3) is 5.17. The first-order chi connectivity index (χ1) is 15.6. The Hall–Kier alpha value is -4.03. The van der Waals surface area contributed by atoms with Gasteiger partial charge in [-0.15, -0.1) is 11.3 Å². The monoisotopic (exact) mass is 439 g/mol. The Morgan fingerprint density at radius 1 is 0.719 bits per heavy atom. The first kappa shape index (κ1) is 21.2. The summed E-state index contributed by atoms with van der Waals surface area (Å²) in [7, 11) is 0. The number of benzene rings is 3. The molecular weight excluding hydrogens is 418 g/mol. The fourth-order valence-corrected chi connectivity index (χ4v) is 3.72. The normalized spacial score (nSPS) is 11.1. The van der Waals surface area contributed by atoms with Gasteiger partial charge in [-0.25, -0.2) is 5.43 Å². The highest BCUT2D eigenvalue weighted by atomic mass is 32.1. The lowest BCUT2D eigenvalue weighted by atomic mass is 10.0. The van der Waals surface area contributed by atoms with E-state index >= 15 is 0 Å². The van der Waals surface area contributed by atoms with Crippen LogP contribution in [0, 0.1) is 0 Å². The van der Waals surface area contributed by atoms with Crippen molar-refractivity contribution in [1.82, 2.24) is 5.43 Å². The van der Waals surface area contributed by atoms with E-state index in [0.29, 0.717) is 21.8 Å². The van der Waals surface area contributed by atoms with Crippen LogP contribution >= 0.6 is 11.3 Å². The molecule has 0 saturated carbocycles. The molecule has 0 spiro atoms. The molecule has 32 heavy (non-hydrogen) atoms. The van der Waals surface area contributed by atoms with Gasteiger partial charge in [-0.2, -0.15) is 5.10 Å². The minimum Gasteiger partial charge on any atom is -0.321 e. The number of nitrogens with one attached hydrogen (secondary N) is 2. The predicted molar refractivity (Wildman–Crippen MR) is 130 cm³/mol. The average Bonchev–Trinajstić information content (AvgIpc) is 3.39. The molecule has 2 amide bonds. The summed E-state index contributed by atoms with van der Waals surface area (Å²) in [6.45, 7) is 1.82. The Morgan fingerprint density at radius 2 is 1.38 bits per heavy atom. The summed E-state index contributed by atoms with van der Waals surface area (Å²) in [5.41, 5.74) is 7.49. The average molecular weight is 440 g/mol. The van der Waals surface area contributed by atoms with E-state index in [1.54, 1.807) is 18.2 Å². The Kier molecular flexibility index (Phi) is 6.53. The van der Waals surface area contributed by atoms with Crippen LogP contribution in [0.2, 0.25) is 0 Å². The summed E-state index contributed by atoms with van der Waals surface area (Å²) in [4.78, 5) is 25.2. The van der Waals surface area contributed by atoms with Gasteiger partial charge in [0.05, 0.1) is 10.6 Å². The second-order valence-electron chi connectivity index (χ2n) is 7.09. The number of nitrogens with zero attached hydrogens (tertiary/aromatic N) is 1. The smallest absolute Gasteiger partial charge is 0.271 e. The number of rotatable bonds is 6. The van der Waals surface area contributed by atoms with Crippen LogP contribution in [-0.4, -0.2) is 17.5 Å². The van der Waals surface area contributed by atoms with E-state index in [-0.39, 0.29) is 11.8 Å². The van der Waals surface area contributed by atoms with Crippen molar-refractivity contribution < 1.29 is 9.59 Å². The molecule has 158 valence electrons. The van der Waals surface area contributed by atoms with Gasteiger partial charge in [-0.3, -0.25) is 9.59 Å². The maximum absolute atomic E-state index is 12.5. The number of hydrogen-bond acceptors (Lipinski definition) is 4. The number of anilines is 1. The van der Waals surface area contributed by atoms with Crippen LogP contribution in [0.1, 0.15) is 32.5 Å². The summed E-state index contributed by atoms with van der Waals surface area (Å²) >= 11 is 1.39. The fourth-order valence-electron chi connectivity index (χ4n) is 3.10. The molecule has 0 bridgehead atoms. The van der Waals surface area contributed by atoms with E-state index in [2.05, 4.69) is 15.8 Å². The second kappa shape index (κ2) is 9.85. The third-order valence-corrected chi connectivity index (χ3v) is 5.75. The highest BCUT2D eigenvalue weighted by Crippen LogP contribution is 2.19. The maximum atomic E-state index is 12.5. The van der Waals surface area contributed by atoms with E-state index < -0.39 is 0 Å². The number of hydrogen-bond donors (Lipinski definition) is 2. The van der Waals surface area contributed by atoms with E-state index in [1.807, 2.05) is 85.1 Å².